The second-order valence-corrected chi connectivity index (χ2v) is 6.24. The molecule has 158 valence electrons. The van der Waals surface area contributed by atoms with E-state index in [2.05, 4.69) is 12.2 Å². The van der Waals surface area contributed by atoms with Crippen LogP contribution >= 0.6 is 0 Å². The van der Waals surface area contributed by atoms with E-state index in [1.54, 1.807) is 0 Å². The summed E-state index contributed by atoms with van der Waals surface area (Å²) in [6.07, 6.45) is 4.26. The van der Waals surface area contributed by atoms with Crippen LogP contribution < -0.4 is 5.32 Å². The van der Waals surface area contributed by atoms with E-state index in [-0.39, 0.29) is 37.2 Å². The number of esters is 1. The van der Waals surface area contributed by atoms with Gasteiger partial charge in [-0.2, -0.15) is 0 Å². The maximum absolute atomic E-state index is 11.9. The third-order valence-electron chi connectivity index (χ3n) is 3.93. The van der Waals surface area contributed by atoms with Crippen molar-refractivity contribution in [1.29, 1.82) is 0 Å². The van der Waals surface area contributed by atoms with E-state index >= 15 is 0 Å². The van der Waals surface area contributed by atoms with Gasteiger partial charge in [-0.15, -0.1) is 0 Å². The van der Waals surface area contributed by atoms with Crippen LogP contribution in [0, 0.1) is 5.92 Å². The molecule has 0 aliphatic rings. The van der Waals surface area contributed by atoms with Gasteiger partial charge in [0.05, 0.1) is 32.2 Å². The lowest BCUT2D eigenvalue weighted by Crippen LogP contribution is -2.25. The Balaban J connectivity index is 3.41. The predicted octanol–water partition coefficient (Wildman–Crippen LogP) is 2.15. The molecular formula is C19H35NO7. The fourth-order valence-electron chi connectivity index (χ4n) is 2.29. The monoisotopic (exact) mass is 389 g/mol. The van der Waals surface area contributed by atoms with Crippen LogP contribution in [-0.2, 0) is 28.6 Å². The Labute approximate surface area is 161 Å². The van der Waals surface area contributed by atoms with Gasteiger partial charge in [-0.1, -0.05) is 26.7 Å². The van der Waals surface area contributed by atoms with Crippen LogP contribution in [0.15, 0.2) is 0 Å². The van der Waals surface area contributed by atoms with E-state index in [4.69, 9.17) is 19.3 Å². The first-order valence-corrected chi connectivity index (χ1v) is 9.81. The molecule has 8 nitrogen and oxygen atoms in total. The van der Waals surface area contributed by atoms with Crippen LogP contribution in [0.2, 0.25) is 0 Å². The number of ether oxygens (including phenoxy) is 3. The summed E-state index contributed by atoms with van der Waals surface area (Å²) in [5.74, 6) is -1.41. The molecule has 0 rings (SSSR count). The minimum atomic E-state index is -0.982. The highest BCUT2D eigenvalue weighted by Crippen LogP contribution is 2.14. The molecule has 2 N–H and O–H groups in total. The summed E-state index contributed by atoms with van der Waals surface area (Å²) in [5.41, 5.74) is 0. The van der Waals surface area contributed by atoms with Crippen LogP contribution in [0.3, 0.4) is 0 Å². The lowest BCUT2D eigenvalue weighted by atomic mass is 10.00. The Kier molecular flexibility index (Phi) is 16.6. The third kappa shape index (κ3) is 16.2. The number of carbonyl (C=O) groups excluding carboxylic acids is 2. The summed E-state index contributed by atoms with van der Waals surface area (Å²) in [7, 11) is 0. The van der Waals surface area contributed by atoms with Gasteiger partial charge in [0.15, 0.2) is 0 Å². The van der Waals surface area contributed by atoms with Crippen molar-refractivity contribution in [3.05, 3.63) is 0 Å². The molecule has 0 aromatic rings. The zero-order valence-electron chi connectivity index (χ0n) is 16.7. The van der Waals surface area contributed by atoms with Crippen LogP contribution in [-0.4, -0.2) is 62.5 Å². The summed E-state index contributed by atoms with van der Waals surface area (Å²) < 4.78 is 15.9. The standard InChI is InChI=1S/C19H35NO7/c1-3-5-7-16(4-2)19(24)27-15-14-26-13-12-25-11-6-10-20-17(21)8-9-18(22)23/h16H,3-15H2,1-2H3,(H,20,21)(H,22,23). The Morgan fingerprint density at radius 2 is 1.59 bits per heavy atom. The molecule has 0 bridgehead atoms. The Hall–Kier alpha value is -1.67. The number of rotatable bonds is 18. The molecule has 0 aromatic heterocycles. The highest BCUT2D eigenvalue weighted by molar-refractivity contribution is 5.80. The molecule has 1 unspecified atom stereocenters. The van der Waals surface area contributed by atoms with Crippen LogP contribution in [0.4, 0.5) is 0 Å². The fourth-order valence-corrected chi connectivity index (χ4v) is 2.29. The average Bonchev–Trinajstić information content (AvgIpc) is 2.64. The number of unbranched alkanes of at least 4 members (excludes halogenated alkanes) is 1. The Morgan fingerprint density at radius 1 is 0.926 bits per heavy atom. The number of nitrogens with one attached hydrogen (secondary N) is 1. The quantitative estimate of drug-likeness (QED) is 0.273. The van der Waals surface area contributed by atoms with Crippen molar-refractivity contribution >= 4 is 17.8 Å². The van der Waals surface area contributed by atoms with E-state index in [0.717, 1.165) is 25.7 Å². The van der Waals surface area contributed by atoms with Crippen molar-refractivity contribution < 1.29 is 33.7 Å². The first kappa shape index (κ1) is 25.3. The number of aliphatic carboxylic acids is 1. The Morgan fingerprint density at radius 3 is 2.22 bits per heavy atom. The number of carbonyl (C=O) groups is 3. The lowest BCUT2D eigenvalue weighted by molar-refractivity contribution is -0.150. The first-order chi connectivity index (χ1) is 13.0. The van der Waals surface area contributed by atoms with E-state index in [9.17, 15) is 14.4 Å². The van der Waals surface area contributed by atoms with E-state index in [0.29, 0.717) is 39.4 Å². The second kappa shape index (κ2) is 17.7. The van der Waals surface area contributed by atoms with E-state index in [1.165, 1.54) is 0 Å². The molecule has 27 heavy (non-hydrogen) atoms. The number of amides is 1. The van der Waals surface area contributed by atoms with Crippen molar-refractivity contribution in [3.8, 4) is 0 Å². The molecule has 0 radical (unpaired) electrons. The minimum absolute atomic E-state index is 0.00773. The highest BCUT2D eigenvalue weighted by Gasteiger charge is 2.16. The Bertz CT molecular complexity index is 415. The number of carboxylic acid groups (broad SMARTS) is 1. The van der Waals surface area contributed by atoms with E-state index < -0.39 is 5.97 Å². The normalized spacial score (nSPS) is 11.8. The van der Waals surface area contributed by atoms with Gasteiger partial charge in [-0.05, 0) is 19.3 Å². The van der Waals surface area contributed by atoms with Crippen molar-refractivity contribution in [2.45, 2.75) is 58.8 Å². The lowest BCUT2D eigenvalue weighted by Gasteiger charge is -2.13. The SMILES string of the molecule is CCCCC(CC)C(=O)OCCOCCOCCCNC(=O)CCC(=O)O. The molecule has 0 spiro atoms. The molecule has 0 aromatic carbocycles. The molecule has 1 amide bonds. The number of hydrogen-bond acceptors (Lipinski definition) is 6. The predicted molar refractivity (Wildman–Crippen MR) is 100 cm³/mol. The zero-order valence-corrected chi connectivity index (χ0v) is 16.7. The summed E-state index contributed by atoms with van der Waals surface area (Å²) in [6, 6.07) is 0. The molecule has 0 heterocycles. The largest absolute Gasteiger partial charge is 0.481 e. The summed E-state index contributed by atoms with van der Waals surface area (Å²) in [5, 5.41) is 11.1. The molecule has 8 heteroatoms. The number of hydrogen-bond donors (Lipinski definition) is 2. The first-order valence-electron chi connectivity index (χ1n) is 9.81. The maximum Gasteiger partial charge on any atom is 0.308 e. The van der Waals surface area contributed by atoms with Gasteiger partial charge < -0.3 is 24.6 Å². The van der Waals surface area contributed by atoms with Crippen LogP contribution in [0.1, 0.15) is 58.8 Å². The number of carboxylic acids is 1. The topological polar surface area (TPSA) is 111 Å². The van der Waals surface area contributed by atoms with Gasteiger partial charge in [0.25, 0.3) is 0 Å². The summed E-state index contributed by atoms with van der Waals surface area (Å²) in [4.78, 5) is 33.5. The van der Waals surface area contributed by atoms with Crippen molar-refractivity contribution in [3.63, 3.8) is 0 Å². The average molecular weight is 389 g/mol. The summed E-state index contributed by atoms with van der Waals surface area (Å²) in [6.45, 7) is 6.47. The van der Waals surface area contributed by atoms with Gasteiger partial charge in [0.2, 0.25) is 5.91 Å². The molecule has 0 saturated heterocycles. The van der Waals surface area contributed by atoms with Crippen molar-refractivity contribution in [2.24, 2.45) is 5.92 Å². The van der Waals surface area contributed by atoms with Gasteiger partial charge in [-0.3, -0.25) is 14.4 Å². The third-order valence-corrected chi connectivity index (χ3v) is 3.93. The molecule has 0 aliphatic carbocycles. The maximum atomic E-state index is 11.9. The van der Waals surface area contributed by atoms with Gasteiger partial charge in [-0.25, -0.2) is 0 Å². The summed E-state index contributed by atoms with van der Waals surface area (Å²) >= 11 is 0. The van der Waals surface area contributed by atoms with Crippen molar-refractivity contribution in [1.82, 2.24) is 5.32 Å². The second-order valence-electron chi connectivity index (χ2n) is 6.24. The zero-order chi connectivity index (χ0) is 20.3. The highest BCUT2D eigenvalue weighted by atomic mass is 16.6. The molecular weight excluding hydrogens is 354 g/mol. The molecule has 1 atom stereocenters. The molecule has 0 aliphatic heterocycles. The van der Waals surface area contributed by atoms with Gasteiger partial charge in [0, 0.05) is 19.6 Å². The fraction of sp³-hybridized carbons (Fsp3) is 0.842. The van der Waals surface area contributed by atoms with Crippen LogP contribution in [0.25, 0.3) is 0 Å². The smallest absolute Gasteiger partial charge is 0.308 e. The minimum Gasteiger partial charge on any atom is -0.481 e. The van der Waals surface area contributed by atoms with E-state index in [1.807, 2.05) is 6.92 Å². The molecule has 0 fully saturated rings. The van der Waals surface area contributed by atoms with Gasteiger partial charge in [0.1, 0.15) is 6.61 Å². The molecule has 0 saturated carbocycles. The van der Waals surface area contributed by atoms with Gasteiger partial charge >= 0.3 is 11.9 Å². The van der Waals surface area contributed by atoms with Crippen molar-refractivity contribution in [2.75, 3.05) is 39.6 Å². The van der Waals surface area contributed by atoms with Crippen LogP contribution in [0.5, 0.6) is 0 Å².